The molecule has 0 bridgehead atoms. The van der Waals surface area contributed by atoms with Gasteiger partial charge < -0.3 is 4.74 Å². The highest BCUT2D eigenvalue weighted by Crippen LogP contribution is 2.33. The number of rotatable bonds is 7. The van der Waals surface area contributed by atoms with Gasteiger partial charge in [-0.05, 0) is 53.6 Å². The van der Waals surface area contributed by atoms with Crippen molar-refractivity contribution in [3.8, 4) is 5.75 Å². The molecule has 1 heterocycles. The predicted octanol–water partition coefficient (Wildman–Crippen LogP) is 5.07. The summed E-state index contributed by atoms with van der Waals surface area (Å²) >= 11 is 0. The highest BCUT2D eigenvalue weighted by atomic mass is 16.6. The second-order valence-corrected chi connectivity index (χ2v) is 7.17. The first-order valence-electron chi connectivity index (χ1n) is 10.0. The Morgan fingerprint density at radius 2 is 1.72 bits per heavy atom. The summed E-state index contributed by atoms with van der Waals surface area (Å²) < 4.78 is 5.85. The minimum absolute atomic E-state index is 0.243. The summed E-state index contributed by atoms with van der Waals surface area (Å²) in [6.45, 7) is 2.92. The smallest absolute Gasteiger partial charge is 0.274 e. The zero-order valence-corrected chi connectivity index (χ0v) is 16.5. The summed E-state index contributed by atoms with van der Waals surface area (Å²) in [7, 11) is 0. The molecule has 0 atom stereocenters. The van der Waals surface area contributed by atoms with Crippen molar-refractivity contribution in [2.75, 3.05) is 16.8 Å². The van der Waals surface area contributed by atoms with Crippen molar-refractivity contribution in [1.29, 1.82) is 0 Å². The quantitative estimate of drug-likeness (QED) is 0.550. The molecule has 0 unspecified atom stereocenters. The van der Waals surface area contributed by atoms with E-state index in [9.17, 15) is 10.0 Å². The third-order valence-corrected chi connectivity index (χ3v) is 5.07. The average Bonchev–Trinajstić information content (AvgIpc) is 3.09. The van der Waals surface area contributed by atoms with Gasteiger partial charge in [-0.3, -0.25) is 10.0 Å². The highest BCUT2D eigenvalue weighted by Gasteiger charge is 2.29. The van der Waals surface area contributed by atoms with Crippen LogP contribution in [0.4, 0.5) is 11.4 Å². The number of ether oxygens (including phenoxy) is 1. The number of unbranched alkanes of at least 4 members (excludes halogenated alkanes) is 3. The number of carbonyl (C=O) groups excluding carboxylic acids is 1. The van der Waals surface area contributed by atoms with E-state index in [0.717, 1.165) is 34.7 Å². The zero-order chi connectivity index (χ0) is 20.2. The van der Waals surface area contributed by atoms with Gasteiger partial charge in [0, 0.05) is 5.56 Å². The van der Waals surface area contributed by atoms with E-state index < -0.39 is 0 Å². The molecule has 0 spiro atoms. The van der Waals surface area contributed by atoms with Crippen molar-refractivity contribution in [2.24, 2.45) is 0 Å². The number of carbonyl (C=O) groups is 1. The van der Waals surface area contributed by atoms with Gasteiger partial charge >= 0.3 is 0 Å². The summed E-state index contributed by atoms with van der Waals surface area (Å²) in [5, 5.41) is 14.1. The van der Waals surface area contributed by atoms with Crippen LogP contribution in [0.1, 0.15) is 43.0 Å². The maximum absolute atomic E-state index is 13.0. The second kappa shape index (κ2) is 8.51. The fraction of sp³-hybridized carbons (Fsp3) is 0.261. The highest BCUT2D eigenvalue weighted by molar-refractivity contribution is 6.10. The van der Waals surface area contributed by atoms with E-state index in [0.29, 0.717) is 16.9 Å². The molecule has 0 aliphatic carbocycles. The Bertz CT molecular complexity index is 1020. The first-order chi connectivity index (χ1) is 14.2. The van der Waals surface area contributed by atoms with Gasteiger partial charge in [-0.2, -0.15) is 5.17 Å². The standard InChI is InChI=1S/C23H25N3O3/c1-2-3-4-7-14-29-20-13-12-17-15-19(11-10-18(17)16-20)23(27)25-21-8-5-6-9-22(21)26(28)24-25/h5-6,8-13,15-16,24,28H,2-4,7,14H2,1H3. The van der Waals surface area contributed by atoms with Gasteiger partial charge in [0.05, 0.1) is 12.3 Å². The lowest BCUT2D eigenvalue weighted by Crippen LogP contribution is -2.46. The molecule has 3 aromatic carbocycles. The Morgan fingerprint density at radius 1 is 0.966 bits per heavy atom. The topological polar surface area (TPSA) is 65.0 Å². The number of amides is 1. The Labute approximate surface area is 170 Å². The van der Waals surface area contributed by atoms with Gasteiger partial charge in [-0.15, -0.1) is 5.53 Å². The first kappa shape index (κ1) is 19.2. The third kappa shape index (κ3) is 4.04. The Hall–Kier alpha value is -3.09. The summed E-state index contributed by atoms with van der Waals surface area (Å²) in [6.07, 6.45) is 4.70. The number of benzene rings is 3. The van der Waals surface area contributed by atoms with Crippen LogP contribution in [0, 0.1) is 0 Å². The molecule has 3 aromatic rings. The van der Waals surface area contributed by atoms with Gasteiger partial charge in [0.1, 0.15) is 11.4 Å². The molecule has 1 amide bonds. The number of nitrogens with one attached hydrogen (secondary N) is 1. The number of para-hydroxylation sites is 2. The molecule has 0 fully saturated rings. The van der Waals surface area contributed by atoms with Crippen molar-refractivity contribution in [3.05, 3.63) is 66.2 Å². The van der Waals surface area contributed by atoms with Crippen molar-refractivity contribution >= 4 is 28.1 Å². The fourth-order valence-corrected chi connectivity index (χ4v) is 3.48. The van der Waals surface area contributed by atoms with Crippen LogP contribution in [0.25, 0.3) is 10.8 Å². The van der Waals surface area contributed by atoms with Crippen molar-refractivity contribution in [2.45, 2.75) is 32.6 Å². The van der Waals surface area contributed by atoms with Gasteiger partial charge in [0.15, 0.2) is 0 Å². The molecule has 2 N–H and O–H groups in total. The van der Waals surface area contributed by atoms with Crippen LogP contribution in [0.2, 0.25) is 0 Å². The lowest BCUT2D eigenvalue weighted by atomic mass is 10.1. The van der Waals surface area contributed by atoms with Gasteiger partial charge in [-0.1, -0.05) is 50.5 Å². The van der Waals surface area contributed by atoms with Crippen molar-refractivity contribution < 1.29 is 14.7 Å². The van der Waals surface area contributed by atoms with Crippen LogP contribution in [0.5, 0.6) is 5.75 Å². The summed E-state index contributed by atoms with van der Waals surface area (Å²) in [4.78, 5) is 13.0. The van der Waals surface area contributed by atoms with E-state index in [4.69, 9.17) is 4.74 Å². The molecule has 1 aliphatic rings. The van der Waals surface area contributed by atoms with E-state index in [1.807, 2.05) is 36.4 Å². The summed E-state index contributed by atoms with van der Waals surface area (Å²) in [6, 6.07) is 18.6. The van der Waals surface area contributed by atoms with Crippen molar-refractivity contribution in [3.63, 3.8) is 0 Å². The van der Waals surface area contributed by atoms with Crippen molar-refractivity contribution in [1.82, 2.24) is 5.53 Å². The molecule has 0 radical (unpaired) electrons. The fourth-order valence-electron chi connectivity index (χ4n) is 3.48. The minimum Gasteiger partial charge on any atom is -0.494 e. The second-order valence-electron chi connectivity index (χ2n) is 7.17. The van der Waals surface area contributed by atoms with Crippen LogP contribution in [-0.2, 0) is 0 Å². The molecule has 150 valence electrons. The number of hydrazine groups is 2. The first-order valence-corrected chi connectivity index (χ1v) is 10.0. The van der Waals surface area contributed by atoms with Gasteiger partial charge in [0.25, 0.3) is 5.91 Å². The number of nitrogens with zero attached hydrogens (tertiary/aromatic N) is 2. The van der Waals surface area contributed by atoms with Gasteiger partial charge in [0.2, 0.25) is 0 Å². The average molecular weight is 391 g/mol. The Balaban J connectivity index is 1.49. The number of hydrogen-bond acceptors (Lipinski definition) is 5. The monoisotopic (exact) mass is 391 g/mol. The Kier molecular flexibility index (Phi) is 5.64. The summed E-state index contributed by atoms with van der Waals surface area (Å²) in [5.41, 5.74) is 4.33. The predicted molar refractivity (Wildman–Crippen MR) is 114 cm³/mol. The Morgan fingerprint density at radius 3 is 2.55 bits per heavy atom. The molecule has 0 saturated heterocycles. The lowest BCUT2D eigenvalue weighted by Gasteiger charge is -2.17. The molecule has 1 aliphatic heterocycles. The number of hydrogen-bond donors (Lipinski definition) is 2. The molecular weight excluding hydrogens is 366 g/mol. The molecule has 6 nitrogen and oxygen atoms in total. The zero-order valence-electron chi connectivity index (χ0n) is 16.5. The molecule has 6 heteroatoms. The third-order valence-electron chi connectivity index (χ3n) is 5.07. The van der Waals surface area contributed by atoms with Gasteiger partial charge in [-0.25, -0.2) is 5.01 Å². The van der Waals surface area contributed by atoms with E-state index in [2.05, 4.69) is 12.5 Å². The summed E-state index contributed by atoms with van der Waals surface area (Å²) in [5.74, 6) is 0.603. The minimum atomic E-state index is -0.243. The maximum atomic E-state index is 13.0. The van der Waals surface area contributed by atoms with E-state index in [1.165, 1.54) is 24.3 Å². The van der Waals surface area contributed by atoms with E-state index in [1.54, 1.807) is 24.3 Å². The van der Waals surface area contributed by atoms with Crippen LogP contribution in [0.3, 0.4) is 0 Å². The molecule has 4 rings (SSSR count). The largest absolute Gasteiger partial charge is 0.494 e. The molecular formula is C23H25N3O3. The molecule has 0 aromatic heterocycles. The maximum Gasteiger partial charge on any atom is 0.274 e. The van der Waals surface area contributed by atoms with Crippen LogP contribution >= 0.6 is 0 Å². The number of fused-ring (bicyclic) bond motifs is 2. The van der Waals surface area contributed by atoms with Crippen LogP contribution in [-0.4, -0.2) is 17.7 Å². The molecule has 0 saturated carbocycles. The van der Waals surface area contributed by atoms with E-state index in [-0.39, 0.29) is 5.91 Å². The molecule has 29 heavy (non-hydrogen) atoms. The number of anilines is 2. The van der Waals surface area contributed by atoms with Crippen LogP contribution < -0.4 is 20.5 Å². The van der Waals surface area contributed by atoms with E-state index >= 15 is 0 Å². The normalized spacial score (nSPS) is 13.0. The van der Waals surface area contributed by atoms with Crippen LogP contribution in [0.15, 0.2) is 60.7 Å². The SMILES string of the molecule is CCCCCCOc1ccc2cc(C(=O)N3NN(O)c4ccccc43)ccc2c1. The lowest BCUT2D eigenvalue weighted by molar-refractivity contribution is 0.0957.